The number of anilines is 1. The molecule has 1 aromatic carbocycles. The minimum Gasteiger partial charge on any atom is -0.394 e. The summed E-state index contributed by atoms with van der Waals surface area (Å²) in [6.07, 6.45) is 1.42. The van der Waals surface area contributed by atoms with Gasteiger partial charge < -0.3 is 15.6 Å². The van der Waals surface area contributed by atoms with Crippen molar-refractivity contribution in [3.8, 4) is 0 Å². The first kappa shape index (κ1) is 12.0. The van der Waals surface area contributed by atoms with Gasteiger partial charge in [-0.15, -0.1) is 0 Å². The minimum atomic E-state index is -0.972. The predicted octanol–water partition coefficient (Wildman–Crippen LogP) is 1.47. The van der Waals surface area contributed by atoms with Crippen LogP contribution in [0, 0.1) is 11.6 Å². The Labute approximate surface area is 101 Å². The average Bonchev–Trinajstić information content (AvgIpc) is 2.85. The number of nitrogens with one attached hydrogen (secondary N) is 1. The van der Waals surface area contributed by atoms with Crippen LogP contribution < -0.4 is 11.1 Å². The molecule has 1 heterocycles. The number of carbonyl (C=O) groups is 1. The van der Waals surface area contributed by atoms with Gasteiger partial charge in [0.15, 0.2) is 5.76 Å². The Kier molecular flexibility index (Phi) is 3.22. The van der Waals surface area contributed by atoms with Crippen LogP contribution in [0.3, 0.4) is 0 Å². The van der Waals surface area contributed by atoms with Crippen LogP contribution in [0.4, 0.5) is 14.5 Å². The Morgan fingerprint density at radius 1 is 1.39 bits per heavy atom. The van der Waals surface area contributed by atoms with Gasteiger partial charge in [-0.1, -0.05) is 5.16 Å². The molecule has 0 atom stereocenters. The summed E-state index contributed by atoms with van der Waals surface area (Å²) in [5.41, 5.74) is 4.33. The van der Waals surface area contributed by atoms with Crippen molar-refractivity contribution in [3.63, 3.8) is 0 Å². The first-order valence-corrected chi connectivity index (χ1v) is 5.00. The van der Waals surface area contributed by atoms with Crippen LogP contribution >= 0.6 is 0 Å². The van der Waals surface area contributed by atoms with Crippen molar-refractivity contribution in [2.45, 2.75) is 6.54 Å². The van der Waals surface area contributed by atoms with E-state index >= 15 is 0 Å². The number of halogens is 2. The number of amides is 1. The van der Waals surface area contributed by atoms with Crippen molar-refractivity contribution in [2.24, 2.45) is 0 Å². The molecule has 0 fully saturated rings. The van der Waals surface area contributed by atoms with Gasteiger partial charge in [0, 0.05) is 11.6 Å². The van der Waals surface area contributed by atoms with E-state index in [0.29, 0.717) is 5.76 Å². The summed E-state index contributed by atoms with van der Waals surface area (Å²) in [4.78, 5) is 11.6. The molecule has 1 amide bonds. The van der Waals surface area contributed by atoms with Gasteiger partial charge in [0.05, 0.1) is 12.7 Å². The van der Waals surface area contributed by atoms with Gasteiger partial charge >= 0.3 is 0 Å². The molecule has 18 heavy (non-hydrogen) atoms. The molecule has 2 rings (SSSR count). The van der Waals surface area contributed by atoms with E-state index in [2.05, 4.69) is 10.5 Å². The molecule has 0 aliphatic rings. The zero-order valence-corrected chi connectivity index (χ0v) is 9.11. The van der Waals surface area contributed by atoms with Crippen LogP contribution in [-0.4, -0.2) is 11.1 Å². The highest BCUT2D eigenvalue weighted by atomic mass is 19.1. The molecule has 0 bridgehead atoms. The van der Waals surface area contributed by atoms with E-state index in [-0.39, 0.29) is 12.1 Å². The number of nitrogen functional groups attached to an aromatic ring is 1. The van der Waals surface area contributed by atoms with Gasteiger partial charge in [-0.25, -0.2) is 8.78 Å². The van der Waals surface area contributed by atoms with Gasteiger partial charge in [-0.05, 0) is 12.1 Å². The van der Waals surface area contributed by atoms with Gasteiger partial charge in [0.25, 0.3) is 5.91 Å². The minimum absolute atomic E-state index is 0.0758. The SMILES string of the molecule is Nc1c(F)cc(C(=O)NCc2ccno2)cc1F. The lowest BCUT2D eigenvalue weighted by molar-refractivity contribution is 0.0946. The topological polar surface area (TPSA) is 81.2 Å². The van der Waals surface area contributed by atoms with Crippen LogP contribution in [0.25, 0.3) is 0 Å². The van der Waals surface area contributed by atoms with E-state index in [1.165, 1.54) is 6.20 Å². The van der Waals surface area contributed by atoms with Crippen LogP contribution in [0.5, 0.6) is 0 Å². The van der Waals surface area contributed by atoms with Crippen molar-refractivity contribution in [2.75, 3.05) is 5.73 Å². The summed E-state index contributed by atoms with van der Waals surface area (Å²) in [6.45, 7) is 0.0758. The van der Waals surface area contributed by atoms with E-state index in [1.54, 1.807) is 6.07 Å². The van der Waals surface area contributed by atoms with Crippen molar-refractivity contribution >= 4 is 11.6 Å². The number of hydrogen-bond donors (Lipinski definition) is 2. The molecule has 0 aliphatic heterocycles. The van der Waals surface area contributed by atoms with E-state index in [0.717, 1.165) is 12.1 Å². The van der Waals surface area contributed by atoms with E-state index in [9.17, 15) is 13.6 Å². The molecule has 94 valence electrons. The number of hydrogen-bond acceptors (Lipinski definition) is 4. The van der Waals surface area contributed by atoms with E-state index in [4.69, 9.17) is 10.3 Å². The fourth-order valence-corrected chi connectivity index (χ4v) is 1.32. The number of carbonyl (C=O) groups excluding carboxylic acids is 1. The molecule has 2 aromatic rings. The molecule has 0 spiro atoms. The zero-order chi connectivity index (χ0) is 13.1. The highest BCUT2D eigenvalue weighted by Crippen LogP contribution is 2.17. The second kappa shape index (κ2) is 4.82. The first-order valence-electron chi connectivity index (χ1n) is 5.00. The molecule has 0 radical (unpaired) electrons. The van der Waals surface area contributed by atoms with Gasteiger partial charge in [0.2, 0.25) is 0 Å². The quantitative estimate of drug-likeness (QED) is 0.811. The van der Waals surface area contributed by atoms with Crippen LogP contribution in [0.2, 0.25) is 0 Å². The molecule has 3 N–H and O–H groups in total. The summed E-state index contributed by atoms with van der Waals surface area (Å²) >= 11 is 0. The summed E-state index contributed by atoms with van der Waals surface area (Å²) in [5, 5.41) is 5.88. The fourth-order valence-electron chi connectivity index (χ4n) is 1.32. The predicted molar refractivity (Wildman–Crippen MR) is 58.4 cm³/mol. The average molecular weight is 253 g/mol. The lowest BCUT2D eigenvalue weighted by Gasteiger charge is -2.05. The Bertz CT molecular complexity index is 547. The smallest absolute Gasteiger partial charge is 0.251 e. The Morgan fingerprint density at radius 3 is 2.61 bits per heavy atom. The third kappa shape index (κ3) is 2.45. The lowest BCUT2D eigenvalue weighted by atomic mass is 10.1. The number of nitrogens with two attached hydrogens (primary N) is 1. The maximum absolute atomic E-state index is 13.1. The monoisotopic (exact) mass is 253 g/mol. The molecular formula is C11H9F2N3O2. The molecule has 0 unspecified atom stereocenters. The summed E-state index contributed by atoms with van der Waals surface area (Å²) in [6, 6.07) is 3.30. The van der Waals surface area contributed by atoms with Crippen molar-refractivity contribution in [3.05, 3.63) is 47.4 Å². The van der Waals surface area contributed by atoms with Gasteiger partial charge in [-0.2, -0.15) is 0 Å². The van der Waals surface area contributed by atoms with Crippen molar-refractivity contribution < 1.29 is 18.1 Å². The fraction of sp³-hybridized carbons (Fsp3) is 0.0909. The second-order valence-corrected chi connectivity index (χ2v) is 3.51. The number of benzene rings is 1. The standard InChI is InChI=1S/C11H9F2N3O2/c12-8-3-6(4-9(13)10(8)14)11(17)15-5-7-1-2-16-18-7/h1-4H,5,14H2,(H,15,17). The molecular weight excluding hydrogens is 244 g/mol. The largest absolute Gasteiger partial charge is 0.394 e. The number of nitrogens with zero attached hydrogens (tertiary/aromatic N) is 1. The Hall–Kier alpha value is -2.44. The lowest BCUT2D eigenvalue weighted by Crippen LogP contribution is -2.23. The number of aromatic nitrogens is 1. The Balaban J connectivity index is 2.09. The summed E-state index contributed by atoms with van der Waals surface area (Å²) in [5.74, 6) is -2.15. The van der Waals surface area contributed by atoms with Crippen molar-refractivity contribution in [1.29, 1.82) is 0 Å². The summed E-state index contributed by atoms with van der Waals surface area (Å²) < 4.78 is 31.0. The normalized spacial score (nSPS) is 10.3. The zero-order valence-electron chi connectivity index (χ0n) is 9.11. The second-order valence-electron chi connectivity index (χ2n) is 3.51. The van der Waals surface area contributed by atoms with Gasteiger partial charge in [-0.3, -0.25) is 4.79 Å². The molecule has 1 aromatic heterocycles. The molecule has 0 saturated carbocycles. The third-order valence-electron chi connectivity index (χ3n) is 2.26. The molecule has 7 heteroatoms. The maximum Gasteiger partial charge on any atom is 0.251 e. The van der Waals surface area contributed by atoms with Crippen LogP contribution in [0.15, 0.2) is 28.9 Å². The summed E-state index contributed by atoms with van der Waals surface area (Å²) in [7, 11) is 0. The highest BCUT2D eigenvalue weighted by molar-refractivity contribution is 5.94. The van der Waals surface area contributed by atoms with E-state index in [1.807, 2.05) is 0 Å². The first-order chi connectivity index (χ1) is 8.58. The molecule has 0 saturated heterocycles. The Morgan fingerprint density at radius 2 is 2.06 bits per heavy atom. The third-order valence-corrected chi connectivity index (χ3v) is 2.26. The maximum atomic E-state index is 13.1. The van der Waals surface area contributed by atoms with Gasteiger partial charge in [0.1, 0.15) is 17.3 Å². The van der Waals surface area contributed by atoms with Crippen LogP contribution in [0.1, 0.15) is 16.1 Å². The molecule has 5 nitrogen and oxygen atoms in total. The van der Waals surface area contributed by atoms with E-state index < -0.39 is 23.2 Å². The van der Waals surface area contributed by atoms with Crippen molar-refractivity contribution in [1.82, 2.24) is 10.5 Å². The number of rotatable bonds is 3. The highest BCUT2D eigenvalue weighted by Gasteiger charge is 2.13. The molecule has 0 aliphatic carbocycles. The van der Waals surface area contributed by atoms with Crippen LogP contribution in [-0.2, 0) is 6.54 Å².